The summed E-state index contributed by atoms with van der Waals surface area (Å²) in [5, 5.41) is 20.3. The predicted octanol–water partition coefficient (Wildman–Crippen LogP) is 6.40. The number of rotatable bonds is 7. The summed E-state index contributed by atoms with van der Waals surface area (Å²) in [4.78, 5) is 36.1. The number of carboxylic acid groups (broad SMARTS) is 1. The van der Waals surface area contributed by atoms with Gasteiger partial charge in [0.05, 0.1) is 6.10 Å². The Kier molecular flexibility index (Phi) is 8.22. The van der Waals surface area contributed by atoms with Crippen LogP contribution in [0.4, 0.5) is 0 Å². The van der Waals surface area contributed by atoms with Gasteiger partial charge >= 0.3 is 17.9 Å². The molecule has 0 heterocycles. The second kappa shape index (κ2) is 10.7. The fourth-order valence-corrected chi connectivity index (χ4v) is 9.43. The monoisotopic (exact) mass is 570 g/mol. The van der Waals surface area contributed by atoms with E-state index in [-0.39, 0.29) is 51.8 Å². The summed E-state index contributed by atoms with van der Waals surface area (Å²) >= 11 is 0. The number of aliphatic hydroxyl groups excluding tert-OH is 1. The van der Waals surface area contributed by atoms with Crippen LogP contribution in [0.1, 0.15) is 101 Å². The highest BCUT2D eigenvalue weighted by Crippen LogP contribution is 2.72. The quantitative estimate of drug-likeness (QED) is 0.269. The Labute approximate surface area is 245 Å². The molecule has 41 heavy (non-hydrogen) atoms. The first kappa shape index (κ1) is 31.5. The minimum atomic E-state index is -0.992. The van der Waals surface area contributed by atoms with Gasteiger partial charge in [0, 0.05) is 31.3 Å². The van der Waals surface area contributed by atoms with Crippen molar-refractivity contribution in [2.75, 3.05) is 0 Å². The summed E-state index contributed by atoms with van der Waals surface area (Å²) in [5.74, 6) is -1.44. The number of carbonyl (C=O) groups excluding carboxylic acids is 2. The molecule has 0 bridgehead atoms. The van der Waals surface area contributed by atoms with Crippen LogP contribution in [-0.4, -0.2) is 46.4 Å². The van der Waals surface area contributed by atoms with Gasteiger partial charge in [-0.1, -0.05) is 59.8 Å². The van der Waals surface area contributed by atoms with Gasteiger partial charge in [0.1, 0.15) is 12.2 Å². The molecular weight excluding hydrogens is 520 g/mol. The molecule has 0 spiro atoms. The van der Waals surface area contributed by atoms with Crippen LogP contribution in [0.2, 0.25) is 0 Å². The van der Waals surface area contributed by atoms with Crippen LogP contribution in [-0.2, 0) is 23.9 Å². The van der Waals surface area contributed by atoms with E-state index in [0.717, 1.165) is 25.7 Å². The van der Waals surface area contributed by atoms with Crippen LogP contribution in [0, 0.1) is 39.4 Å². The van der Waals surface area contributed by atoms with Crippen molar-refractivity contribution in [2.45, 2.75) is 119 Å². The Morgan fingerprint density at radius 3 is 2.29 bits per heavy atom. The number of fused-ring (bicyclic) bond motifs is 5. The lowest BCUT2D eigenvalue weighted by atomic mass is 9.44. The molecule has 0 radical (unpaired) electrons. The van der Waals surface area contributed by atoms with E-state index in [4.69, 9.17) is 9.47 Å². The van der Waals surface area contributed by atoms with E-state index >= 15 is 0 Å². The van der Waals surface area contributed by atoms with Gasteiger partial charge in [-0.05, 0) is 84.2 Å². The number of ether oxygens (including phenoxy) is 2. The van der Waals surface area contributed by atoms with E-state index in [2.05, 4.69) is 53.7 Å². The zero-order chi connectivity index (χ0) is 30.7. The van der Waals surface area contributed by atoms with Gasteiger partial charge in [0.2, 0.25) is 0 Å². The van der Waals surface area contributed by atoms with Crippen LogP contribution in [0.3, 0.4) is 0 Å². The predicted molar refractivity (Wildman–Crippen MR) is 157 cm³/mol. The number of carbonyl (C=O) groups is 3. The zero-order valence-corrected chi connectivity index (χ0v) is 26.4. The second-order valence-electron chi connectivity index (χ2n) is 14.5. The molecule has 2 N–H and O–H groups in total. The maximum absolute atomic E-state index is 12.5. The average Bonchev–Trinajstić information content (AvgIpc) is 3.10. The van der Waals surface area contributed by atoms with Crippen LogP contribution in [0.15, 0.2) is 34.9 Å². The van der Waals surface area contributed by atoms with Crippen LogP contribution in [0.5, 0.6) is 0 Å². The third-order valence-corrected chi connectivity index (χ3v) is 12.2. The molecule has 0 aromatic carbocycles. The molecule has 228 valence electrons. The first-order valence-electron chi connectivity index (χ1n) is 15.3. The van der Waals surface area contributed by atoms with Gasteiger partial charge < -0.3 is 19.7 Å². The van der Waals surface area contributed by atoms with Gasteiger partial charge in [-0.3, -0.25) is 9.59 Å². The minimum Gasteiger partial charge on any atom is -0.478 e. The Hall–Kier alpha value is -2.41. The fraction of sp³-hybridized carbons (Fsp3) is 0.735. The molecule has 0 amide bonds. The summed E-state index contributed by atoms with van der Waals surface area (Å²) in [6.45, 7) is 17.8. The van der Waals surface area contributed by atoms with E-state index in [1.54, 1.807) is 13.0 Å². The Morgan fingerprint density at radius 2 is 1.71 bits per heavy atom. The average molecular weight is 571 g/mol. The highest BCUT2D eigenvalue weighted by Gasteiger charge is 2.68. The summed E-state index contributed by atoms with van der Waals surface area (Å²) in [6, 6.07) is 0. The molecule has 0 saturated heterocycles. The number of aliphatic carboxylic acids is 1. The molecule has 7 heteroatoms. The minimum absolute atomic E-state index is 0.0496. The lowest BCUT2D eigenvalue weighted by molar-refractivity contribution is -0.153. The van der Waals surface area contributed by atoms with Crippen LogP contribution in [0.25, 0.3) is 0 Å². The van der Waals surface area contributed by atoms with Gasteiger partial charge in [0.15, 0.2) is 0 Å². The molecule has 4 aliphatic carbocycles. The number of esters is 2. The normalized spacial score (nSPS) is 39.2. The number of aliphatic hydroxyl groups is 1. The Balaban J connectivity index is 1.79. The van der Waals surface area contributed by atoms with E-state index in [9.17, 15) is 24.6 Å². The van der Waals surface area contributed by atoms with Gasteiger partial charge in [-0.15, -0.1) is 0 Å². The van der Waals surface area contributed by atoms with E-state index in [0.29, 0.717) is 18.8 Å². The largest absolute Gasteiger partial charge is 0.478 e. The van der Waals surface area contributed by atoms with Crippen molar-refractivity contribution in [3.05, 3.63) is 34.9 Å². The van der Waals surface area contributed by atoms with Crippen molar-refractivity contribution in [1.82, 2.24) is 0 Å². The molecule has 0 aromatic rings. The Bertz CT molecular complexity index is 1190. The van der Waals surface area contributed by atoms with Gasteiger partial charge in [0.25, 0.3) is 0 Å². The third kappa shape index (κ3) is 4.90. The first-order valence-corrected chi connectivity index (χ1v) is 15.3. The molecule has 2 saturated carbocycles. The lowest BCUT2D eigenvalue weighted by Gasteiger charge is -2.61. The standard InChI is InChI=1S/C34H50O7/c1-19(30(38)39)10-12-26(40-21(3)35)20(2)25-18-29(41-22(4)36)34(9)24-11-13-27-31(5,6)28(37)15-16-32(27,7)23(24)14-17-33(25,34)8/h10-11,14,20,25-29,37H,12-13,15-18H2,1-9H3,(H,38,39)/b19-10+/t20-,25-,26+,27+,28+,29+,32-,33-,34-/m1/s1. The highest BCUT2D eigenvalue weighted by molar-refractivity contribution is 5.85. The number of allylic oxidation sites excluding steroid dienone is 3. The molecule has 0 aromatic heterocycles. The van der Waals surface area contributed by atoms with Crippen molar-refractivity contribution in [3.63, 3.8) is 0 Å². The van der Waals surface area contributed by atoms with Crippen molar-refractivity contribution >= 4 is 17.9 Å². The third-order valence-electron chi connectivity index (χ3n) is 12.2. The van der Waals surface area contributed by atoms with Crippen molar-refractivity contribution in [1.29, 1.82) is 0 Å². The van der Waals surface area contributed by atoms with Crippen LogP contribution < -0.4 is 0 Å². The molecule has 0 unspecified atom stereocenters. The smallest absolute Gasteiger partial charge is 0.330 e. The summed E-state index contributed by atoms with van der Waals surface area (Å²) in [6.07, 6.45) is 9.52. The summed E-state index contributed by atoms with van der Waals surface area (Å²) in [7, 11) is 0. The van der Waals surface area contributed by atoms with Gasteiger partial charge in [-0.25, -0.2) is 4.79 Å². The van der Waals surface area contributed by atoms with Crippen LogP contribution >= 0.6 is 0 Å². The molecule has 0 aliphatic heterocycles. The lowest BCUT2D eigenvalue weighted by Crippen LogP contribution is -2.56. The van der Waals surface area contributed by atoms with Crippen molar-refractivity contribution < 1.29 is 34.1 Å². The second-order valence-corrected chi connectivity index (χ2v) is 14.5. The molecule has 2 fully saturated rings. The van der Waals surface area contributed by atoms with E-state index in [1.165, 1.54) is 25.0 Å². The summed E-state index contributed by atoms with van der Waals surface area (Å²) < 4.78 is 12.0. The maximum Gasteiger partial charge on any atom is 0.330 e. The zero-order valence-electron chi connectivity index (χ0n) is 26.4. The van der Waals surface area contributed by atoms with Crippen molar-refractivity contribution in [2.24, 2.45) is 39.4 Å². The molecular formula is C34H50O7. The summed E-state index contributed by atoms with van der Waals surface area (Å²) in [5.41, 5.74) is 1.79. The van der Waals surface area contributed by atoms with E-state index in [1.807, 2.05) is 0 Å². The Morgan fingerprint density at radius 1 is 1.05 bits per heavy atom. The molecule has 9 atom stereocenters. The SMILES string of the molecule is CC(=O)O[C@@H](C/C=C(\C)C(=O)O)[C@H](C)[C@H]1C[C@H](OC(C)=O)[C@@]2(C)C3=CC[C@H]4C(C)(C)[C@@H](O)CC[C@]4(C)C3=CC[C@]12C. The highest BCUT2D eigenvalue weighted by atomic mass is 16.5. The van der Waals surface area contributed by atoms with Gasteiger partial charge in [-0.2, -0.15) is 0 Å². The fourth-order valence-electron chi connectivity index (χ4n) is 9.43. The number of hydrogen-bond donors (Lipinski definition) is 2. The molecule has 7 nitrogen and oxygen atoms in total. The van der Waals surface area contributed by atoms with Crippen molar-refractivity contribution in [3.8, 4) is 0 Å². The van der Waals surface area contributed by atoms with E-state index < -0.39 is 23.5 Å². The number of carboxylic acids is 1. The molecule has 4 aliphatic rings. The first-order chi connectivity index (χ1) is 18.9. The molecule has 4 rings (SSSR count). The maximum atomic E-state index is 12.5. The number of hydrogen-bond acceptors (Lipinski definition) is 6. The topological polar surface area (TPSA) is 110 Å².